The molecule has 2 aromatic rings. The van der Waals surface area contributed by atoms with Gasteiger partial charge in [0.2, 0.25) is 0 Å². The largest absolute Gasteiger partial charge is 0.346 e. The molecule has 1 unspecified atom stereocenters. The highest BCUT2D eigenvalue weighted by Gasteiger charge is 2.19. The Morgan fingerprint density at radius 1 is 1.24 bits per heavy atom. The summed E-state index contributed by atoms with van der Waals surface area (Å²) in [6, 6.07) is 9.44. The fourth-order valence-corrected chi connectivity index (χ4v) is 3.67. The number of para-hydroxylation sites is 1. The topological polar surface area (TPSA) is 20.2 Å². The van der Waals surface area contributed by atoms with Crippen molar-refractivity contribution < 1.29 is 0 Å². The Kier molecular flexibility index (Phi) is 4.32. The standard InChI is InChI=1S/C18H27N3/c1-14-16-8-4-5-9-17(16)21(3)18(14)13-20(2)15-7-6-11-19-12-10-15/h4-5,8-9,15,19H,6-7,10-13H2,1-3H3. The van der Waals surface area contributed by atoms with Crippen LogP contribution in [0.5, 0.6) is 0 Å². The van der Waals surface area contributed by atoms with Gasteiger partial charge in [-0.2, -0.15) is 0 Å². The van der Waals surface area contributed by atoms with Crippen molar-refractivity contribution in [1.82, 2.24) is 14.8 Å². The molecule has 114 valence electrons. The molecule has 0 aliphatic carbocycles. The molecule has 3 rings (SSSR count). The lowest BCUT2D eigenvalue weighted by Gasteiger charge is -2.27. The van der Waals surface area contributed by atoms with E-state index in [1.165, 1.54) is 48.0 Å². The van der Waals surface area contributed by atoms with Gasteiger partial charge in [-0.3, -0.25) is 4.90 Å². The van der Waals surface area contributed by atoms with Crippen molar-refractivity contribution in [2.75, 3.05) is 20.1 Å². The summed E-state index contributed by atoms with van der Waals surface area (Å²) in [7, 11) is 4.49. The maximum absolute atomic E-state index is 3.51. The zero-order chi connectivity index (χ0) is 14.8. The molecule has 3 nitrogen and oxygen atoms in total. The van der Waals surface area contributed by atoms with Crippen LogP contribution in [0.15, 0.2) is 24.3 Å². The van der Waals surface area contributed by atoms with Crippen molar-refractivity contribution in [3.8, 4) is 0 Å². The summed E-state index contributed by atoms with van der Waals surface area (Å²) in [6.07, 6.45) is 3.87. The number of fused-ring (bicyclic) bond motifs is 1. The molecule has 0 radical (unpaired) electrons. The quantitative estimate of drug-likeness (QED) is 0.935. The molecule has 0 bridgehead atoms. The van der Waals surface area contributed by atoms with Gasteiger partial charge in [0.05, 0.1) is 0 Å². The number of aromatic nitrogens is 1. The van der Waals surface area contributed by atoms with Crippen LogP contribution in [0.25, 0.3) is 10.9 Å². The van der Waals surface area contributed by atoms with E-state index in [1.807, 2.05) is 0 Å². The van der Waals surface area contributed by atoms with Crippen molar-refractivity contribution in [2.45, 2.75) is 38.8 Å². The van der Waals surface area contributed by atoms with Gasteiger partial charge in [0.1, 0.15) is 0 Å². The van der Waals surface area contributed by atoms with E-state index in [9.17, 15) is 0 Å². The number of nitrogens with one attached hydrogen (secondary N) is 1. The summed E-state index contributed by atoms with van der Waals surface area (Å²) in [5.41, 5.74) is 4.24. The fourth-order valence-electron chi connectivity index (χ4n) is 3.67. The van der Waals surface area contributed by atoms with Gasteiger partial charge in [0.25, 0.3) is 0 Å². The predicted octanol–water partition coefficient (Wildman–Crippen LogP) is 3.06. The van der Waals surface area contributed by atoms with Crippen LogP contribution in [0.3, 0.4) is 0 Å². The van der Waals surface area contributed by atoms with Gasteiger partial charge >= 0.3 is 0 Å². The molecule has 1 N–H and O–H groups in total. The van der Waals surface area contributed by atoms with Gasteiger partial charge in [-0.1, -0.05) is 18.2 Å². The van der Waals surface area contributed by atoms with Crippen molar-refractivity contribution in [3.05, 3.63) is 35.5 Å². The molecule has 1 atom stereocenters. The van der Waals surface area contributed by atoms with Gasteiger partial charge in [-0.05, 0) is 58.0 Å². The summed E-state index contributed by atoms with van der Waals surface area (Å²) in [4.78, 5) is 2.55. The summed E-state index contributed by atoms with van der Waals surface area (Å²) in [5, 5.41) is 4.90. The Hall–Kier alpha value is -1.32. The van der Waals surface area contributed by atoms with Gasteiger partial charge in [0, 0.05) is 36.2 Å². The van der Waals surface area contributed by atoms with E-state index in [0.717, 1.165) is 13.1 Å². The van der Waals surface area contributed by atoms with Crippen LogP contribution in [0, 0.1) is 6.92 Å². The first-order chi connectivity index (χ1) is 10.2. The second kappa shape index (κ2) is 6.20. The second-order valence-corrected chi connectivity index (χ2v) is 6.40. The van der Waals surface area contributed by atoms with Gasteiger partial charge in [-0.25, -0.2) is 0 Å². The smallest absolute Gasteiger partial charge is 0.0483 e. The summed E-state index contributed by atoms with van der Waals surface area (Å²) >= 11 is 0. The third-order valence-corrected chi connectivity index (χ3v) is 5.07. The molecule has 1 aromatic heterocycles. The van der Waals surface area contributed by atoms with E-state index in [1.54, 1.807) is 0 Å². The Labute approximate surface area is 127 Å². The highest BCUT2D eigenvalue weighted by molar-refractivity contribution is 5.85. The van der Waals surface area contributed by atoms with E-state index in [0.29, 0.717) is 6.04 Å². The molecule has 0 spiro atoms. The number of hydrogen-bond acceptors (Lipinski definition) is 2. The van der Waals surface area contributed by atoms with E-state index >= 15 is 0 Å². The maximum atomic E-state index is 3.51. The average Bonchev–Trinajstić information content (AvgIpc) is 2.72. The first-order valence-corrected chi connectivity index (χ1v) is 8.12. The molecular formula is C18H27N3. The molecule has 0 amide bonds. The van der Waals surface area contributed by atoms with Crippen molar-refractivity contribution in [3.63, 3.8) is 0 Å². The zero-order valence-corrected chi connectivity index (χ0v) is 13.5. The summed E-state index contributed by atoms with van der Waals surface area (Å²) < 4.78 is 2.37. The Morgan fingerprint density at radius 2 is 2.05 bits per heavy atom. The lowest BCUT2D eigenvalue weighted by molar-refractivity contribution is 0.212. The molecule has 1 aromatic carbocycles. The normalized spacial score (nSPS) is 20.1. The zero-order valence-electron chi connectivity index (χ0n) is 13.5. The van der Waals surface area contributed by atoms with Crippen LogP contribution in [-0.4, -0.2) is 35.6 Å². The van der Waals surface area contributed by atoms with E-state index in [-0.39, 0.29) is 0 Å². The van der Waals surface area contributed by atoms with Crippen LogP contribution in [0.1, 0.15) is 30.5 Å². The lowest BCUT2D eigenvalue weighted by atomic mass is 10.1. The van der Waals surface area contributed by atoms with Crippen molar-refractivity contribution in [2.24, 2.45) is 7.05 Å². The monoisotopic (exact) mass is 285 g/mol. The predicted molar refractivity (Wildman–Crippen MR) is 89.6 cm³/mol. The molecule has 0 saturated carbocycles. The van der Waals surface area contributed by atoms with Crippen LogP contribution in [0.2, 0.25) is 0 Å². The molecule has 2 heterocycles. The minimum absolute atomic E-state index is 0.706. The number of benzene rings is 1. The Bertz CT molecular complexity index is 567. The molecular weight excluding hydrogens is 258 g/mol. The third kappa shape index (κ3) is 2.85. The average molecular weight is 285 g/mol. The van der Waals surface area contributed by atoms with E-state index in [4.69, 9.17) is 0 Å². The lowest BCUT2D eigenvalue weighted by Crippen LogP contribution is -2.32. The first-order valence-electron chi connectivity index (χ1n) is 8.12. The minimum Gasteiger partial charge on any atom is -0.346 e. The first kappa shape index (κ1) is 14.6. The molecule has 1 aliphatic rings. The maximum Gasteiger partial charge on any atom is 0.0483 e. The van der Waals surface area contributed by atoms with E-state index < -0.39 is 0 Å². The molecule has 3 heteroatoms. The van der Waals surface area contributed by atoms with Gasteiger partial charge in [-0.15, -0.1) is 0 Å². The highest BCUT2D eigenvalue weighted by Crippen LogP contribution is 2.26. The minimum atomic E-state index is 0.706. The molecule has 21 heavy (non-hydrogen) atoms. The van der Waals surface area contributed by atoms with Gasteiger partial charge < -0.3 is 9.88 Å². The Morgan fingerprint density at radius 3 is 2.86 bits per heavy atom. The summed E-state index contributed by atoms with van der Waals surface area (Å²) in [6.45, 7) is 5.64. The summed E-state index contributed by atoms with van der Waals surface area (Å²) in [5.74, 6) is 0. The van der Waals surface area contributed by atoms with Crippen LogP contribution in [-0.2, 0) is 13.6 Å². The number of nitrogens with zero attached hydrogens (tertiary/aromatic N) is 2. The molecule has 1 aliphatic heterocycles. The fraction of sp³-hybridized carbons (Fsp3) is 0.556. The van der Waals surface area contributed by atoms with Crippen molar-refractivity contribution >= 4 is 10.9 Å². The molecule has 1 saturated heterocycles. The van der Waals surface area contributed by atoms with Crippen LogP contribution < -0.4 is 5.32 Å². The highest BCUT2D eigenvalue weighted by atomic mass is 15.2. The van der Waals surface area contributed by atoms with Crippen LogP contribution >= 0.6 is 0 Å². The van der Waals surface area contributed by atoms with Crippen molar-refractivity contribution in [1.29, 1.82) is 0 Å². The number of aryl methyl sites for hydroxylation is 2. The SMILES string of the molecule is Cc1c(CN(C)C2CCCNCC2)n(C)c2ccccc12. The number of rotatable bonds is 3. The third-order valence-electron chi connectivity index (χ3n) is 5.07. The number of hydrogen-bond donors (Lipinski definition) is 1. The van der Waals surface area contributed by atoms with Crippen LogP contribution in [0.4, 0.5) is 0 Å². The molecule has 1 fully saturated rings. The van der Waals surface area contributed by atoms with Gasteiger partial charge in [0.15, 0.2) is 0 Å². The van der Waals surface area contributed by atoms with E-state index in [2.05, 4.69) is 60.1 Å². The Balaban J connectivity index is 1.84. The second-order valence-electron chi connectivity index (χ2n) is 6.40.